The molecule has 2 aromatic rings. The topological polar surface area (TPSA) is 76.6 Å². The zero-order valence-electron chi connectivity index (χ0n) is 16.5. The van der Waals surface area contributed by atoms with Crippen molar-refractivity contribution in [2.45, 2.75) is 19.0 Å². The van der Waals surface area contributed by atoms with E-state index in [0.29, 0.717) is 10.8 Å². The van der Waals surface area contributed by atoms with Gasteiger partial charge in [0.2, 0.25) is 11.7 Å². The van der Waals surface area contributed by atoms with Crippen LogP contribution >= 0.6 is 11.6 Å². The van der Waals surface area contributed by atoms with E-state index in [2.05, 4.69) is 24.9 Å². The van der Waals surface area contributed by atoms with E-state index in [1.165, 1.54) is 7.11 Å². The van der Waals surface area contributed by atoms with Crippen molar-refractivity contribution in [1.29, 1.82) is 0 Å². The van der Waals surface area contributed by atoms with Gasteiger partial charge in [-0.3, -0.25) is 4.79 Å². The Morgan fingerprint density at radius 2 is 1.80 bits per heavy atom. The molecule has 1 fully saturated rings. The number of nitrogens with zero attached hydrogens (tertiary/aromatic N) is 3. The third-order valence-electron chi connectivity index (χ3n) is 4.00. The highest BCUT2D eigenvalue weighted by Gasteiger charge is 2.34. The van der Waals surface area contributed by atoms with Gasteiger partial charge >= 0.3 is 6.18 Å². The van der Waals surface area contributed by atoms with Crippen LogP contribution in [0, 0.1) is 0 Å². The molecule has 164 valence electrons. The number of anilines is 1. The number of halogens is 4. The van der Waals surface area contributed by atoms with E-state index < -0.39 is 12.0 Å². The van der Waals surface area contributed by atoms with Crippen molar-refractivity contribution in [1.82, 2.24) is 15.3 Å². The number of hydrogen-bond acceptors (Lipinski definition) is 6. The second-order valence-electron chi connectivity index (χ2n) is 6.29. The first kappa shape index (κ1) is 23.7. The molecule has 0 bridgehead atoms. The number of alkyl halides is 3. The number of carbonyl (C=O) groups is 1. The molecule has 2 heterocycles. The van der Waals surface area contributed by atoms with Gasteiger partial charge in [0.05, 0.1) is 12.4 Å². The minimum Gasteiger partial charge on any atom is -0.454 e. The third-order valence-corrected chi connectivity index (χ3v) is 4.22. The Balaban J connectivity index is 0.000000396. The van der Waals surface area contributed by atoms with Gasteiger partial charge in [0, 0.05) is 44.0 Å². The van der Waals surface area contributed by atoms with Gasteiger partial charge < -0.3 is 19.7 Å². The summed E-state index contributed by atoms with van der Waals surface area (Å²) in [5.74, 6) is -0.744. The van der Waals surface area contributed by atoms with Gasteiger partial charge in [0.15, 0.2) is 5.75 Å². The monoisotopic (exact) mass is 446 g/mol. The predicted molar refractivity (Wildman–Crippen MR) is 106 cm³/mol. The fourth-order valence-electron chi connectivity index (χ4n) is 2.62. The summed E-state index contributed by atoms with van der Waals surface area (Å²) < 4.78 is 47.3. The van der Waals surface area contributed by atoms with E-state index in [0.717, 1.165) is 44.0 Å². The molecule has 1 aliphatic heterocycles. The zero-order chi connectivity index (χ0) is 22.1. The molecule has 1 aromatic heterocycles. The van der Waals surface area contributed by atoms with Crippen LogP contribution in [0.5, 0.6) is 11.5 Å². The quantitative estimate of drug-likeness (QED) is 0.750. The number of amides is 1. The first-order valence-corrected chi connectivity index (χ1v) is 9.43. The lowest BCUT2D eigenvalue weighted by Crippen LogP contribution is -2.22. The van der Waals surface area contributed by atoms with Crippen LogP contribution in [0.1, 0.15) is 18.7 Å². The van der Waals surface area contributed by atoms with Crippen LogP contribution in [-0.2, 0) is 15.7 Å². The van der Waals surface area contributed by atoms with Crippen molar-refractivity contribution in [3.63, 3.8) is 0 Å². The van der Waals surface area contributed by atoms with Crippen LogP contribution in [0.25, 0.3) is 0 Å². The van der Waals surface area contributed by atoms with Crippen LogP contribution in [0.3, 0.4) is 0 Å². The Morgan fingerprint density at radius 3 is 2.30 bits per heavy atom. The van der Waals surface area contributed by atoms with E-state index in [-0.39, 0.29) is 18.3 Å². The van der Waals surface area contributed by atoms with Crippen LogP contribution in [0.4, 0.5) is 18.9 Å². The van der Waals surface area contributed by atoms with Crippen molar-refractivity contribution in [2.24, 2.45) is 0 Å². The molecule has 0 spiro atoms. The van der Waals surface area contributed by atoms with E-state index in [1.54, 1.807) is 19.2 Å². The summed E-state index contributed by atoms with van der Waals surface area (Å²) >= 11 is 6.09. The molecular formula is C19H22ClF3N4O3. The minimum absolute atomic E-state index is 0.0949. The fraction of sp³-hybridized carbons (Fsp3) is 0.421. The molecule has 1 N–H and O–H groups in total. The van der Waals surface area contributed by atoms with Crippen LogP contribution in [0.2, 0.25) is 5.02 Å². The Morgan fingerprint density at radius 1 is 1.17 bits per heavy atom. The van der Waals surface area contributed by atoms with Gasteiger partial charge in [-0.1, -0.05) is 11.6 Å². The fourth-order valence-corrected chi connectivity index (χ4v) is 2.84. The number of methoxy groups -OCH3 is 1. The Labute approximate surface area is 177 Å². The van der Waals surface area contributed by atoms with Crippen molar-refractivity contribution >= 4 is 23.2 Å². The van der Waals surface area contributed by atoms with Gasteiger partial charge in [-0.25, -0.2) is 9.97 Å². The molecule has 0 radical (unpaired) electrons. The number of ether oxygens (including phenoxy) is 2. The lowest BCUT2D eigenvalue weighted by atomic mass is 10.2. The number of nitrogens with one attached hydrogen (secondary N) is 1. The average Bonchev–Trinajstić information content (AvgIpc) is 3.23. The zero-order valence-corrected chi connectivity index (χ0v) is 17.3. The number of rotatable bonds is 5. The molecule has 30 heavy (non-hydrogen) atoms. The summed E-state index contributed by atoms with van der Waals surface area (Å²) in [7, 11) is 3.05. The minimum atomic E-state index is -4.57. The lowest BCUT2D eigenvalue weighted by molar-refractivity contribution is -0.145. The largest absolute Gasteiger partial charge is 0.454 e. The van der Waals surface area contributed by atoms with E-state index >= 15 is 0 Å². The predicted octanol–water partition coefficient (Wildman–Crippen LogP) is 3.92. The van der Waals surface area contributed by atoms with E-state index in [1.807, 2.05) is 6.07 Å². The Bertz CT molecular complexity index is 829. The molecule has 3 rings (SSSR count). The van der Waals surface area contributed by atoms with Crippen molar-refractivity contribution in [3.8, 4) is 11.5 Å². The highest BCUT2D eigenvalue weighted by atomic mass is 35.5. The number of carbonyl (C=O) groups excluding carboxylic acids is 1. The molecule has 1 amide bonds. The molecular weight excluding hydrogens is 425 g/mol. The van der Waals surface area contributed by atoms with Gasteiger partial charge in [-0.2, -0.15) is 13.2 Å². The first-order valence-electron chi connectivity index (χ1n) is 9.05. The van der Waals surface area contributed by atoms with Crippen molar-refractivity contribution in [3.05, 3.63) is 41.4 Å². The average molecular weight is 447 g/mol. The second-order valence-corrected chi connectivity index (χ2v) is 6.72. The molecule has 0 unspecified atom stereocenters. The van der Waals surface area contributed by atoms with Gasteiger partial charge in [-0.15, -0.1) is 0 Å². The van der Waals surface area contributed by atoms with Crippen LogP contribution in [0.15, 0.2) is 30.6 Å². The van der Waals surface area contributed by atoms with E-state index in [4.69, 9.17) is 16.3 Å². The highest BCUT2D eigenvalue weighted by Crippen LogP contribution is 2.32. The van der Waals surface area contributed by atoms with Gasteiger partial charge in [-0.05, 0) is 25.0 Å². The second kappa shape index (κ2) is 11.0. The normalized spacial score (nSPS) is 13.5. The molecule has 7 nitrogen and oxygen atoms in total. The smallest absolute Gasteiger partial charge is 0.451 e. The first-order chi connectivity index (χ1) is 14.2. The summed E-state index contributed by atoms with van der Waals surface area (Å²) in [6, 6.07) is 5.23. The van der Waals surface area contributed by atoms with Crippen LogP contribution in [-0.4, -0.2) is 49.7 Å². The maximum Gasteiger partial charge on any atom is 0.451 e. The summed E-state index contributed by atoms with van der Waals surface area (Å²) in [6.45, 7) is 2.04. The number of aromatic nitrogens is 2. The Kier molecular flexibility index (Phi) is 8.67. The number of benzene rings is 1. The molecule has 1 saturated heterocycles. The van der Waals surface area contributed by atoms with E-state index in [9.17, 15) is 18.0 Å². The van der Waals surface area contributed by atoms with Crippen LogP contribution < -0.4 is 15.0 Å². The van der Waals surface area contributed by atoms with Crippen molar-refractivity contribution in [2.75, 3.05) is 38.8 Å². The summed E-state index contributed by atoms with van der Waals surface area (Å²) in [5, 5.41) is 2.90. The maximum atomic E-state index is 12.4. The molecule has 0 saturated carbocycles. The Hall–Kier alpha value is -2.59. The molecule has 0 aliphatic carbocycles. The molecule has 1 aliphatic rings. The standard InChI is InChI=1S/C15H13ClF3N3O.C4H9NO2/c16-10-5-11(22-3-1-2-4-22)7-12(6-10)23-13-8-20-14(21-9-13)15(17,18)19;1-5-4(6)3-7-2/h5-9H,1-4H2;3H2,1-2H3,(H,5,6). The number of likely N-dealkylation sites (N-methyl/N-ethyl adjacent to an activating group) is 1. The molecule has 0 atom stereocenters. The van der Waals surface area contributed by atoms with Crippen molar-refractivity contribution < 1.29 is 27.4 Å². The third kappa shape index (κ3) is 7.34. The highest BCUT2D eigenvalue weighted by molar-refractivity contribution is 6.31. The lowest BCUT2D eigenvalue weighted by Gasteiger charge is -2.19. The van der Waals surface area contributed by atoms with Gasteiger partial charge in [0.25, 0.3) is 0 Å². The number of hydrogen-bond donors (Lipinski definition) is 1. The van der Waals surface area contributed by atoms with Gasteiger partial charge in [0.1, 0.15) is 12.4 Å². The summed E-state index contributed by atoms with van der Waals surface area (Å²) in [6.07, 6.45) is -0.346. The SMILES string of the molecule is CNC(=O)COC.FC(F)(F)c1ncc(Oc2cc(Cl)cc(N3CCCC3)c2)cn1. The maximum absolute atomic E-state index is 12.4. The molecule has 11 heteroatoms. The molecule has 1 aromatic carbocycles. The summed E-state index contributed by atoms with van der Waals surface area (Å²) in [4.78, 5) is 18.9. The summed E-state index contributed by atoms with van der Waals surface area (Å²) in [5.41, 5.74) is 0.929.